The van der Waals surface area contributed by atoms with Gasteiger partial charge in [-0.1, -0.05) is 0 Å². The Balaban J connectivity index is 2.87. The molecule has 0 aliphatic rings. The molecule has 0 aliphatic carbocycles. The van der Waals surface area contributed by atoms with Crippen LogP contribution in [-0.4, -0.2) is 37.8 Å². The number of nitrogens with zero attached hydrogens (tertiary/aromatic N) is 4. The van der Waals surface area contributed by atoms with Crippen LogP contribution < -0.4 is 5.73 Å². The molecule has 1 unspecified atom stereocenters. The normalized spacial score (nSPS) is 13.8. The maximum Gasteiger partial charge on any atom is 0.304 e. The fraction of sp³-hybridized carbons (Fsp3) is 0.778. The Morgan fingerprint density at radius 1 is 1.56 bits per heavy atom. The first-order valence-corrected chi connectivity index (χ1v) is 5.07. The topological polar surface area (TPSA) is 107 Å². The quantitative estimate of drug-likeness (QED) is 0.746. The molecule has 0 aliphatic heterocycles. The molecule has 1 aromatic rings. The first-order valence-electron chi connectivity index (χ1n) is 5.07. The highest BCUT2D eigenvalue weighted by Gasteiger charge is 2.22. The second-order valence-electron chi connectivity index (χ2n) is 4.64. The lowest BCUT2D eigenvalue weighted by atomic mass is 10.1. The molecular formula is C9H17N5O2. The summed E-state index contributed by atoms with van der Waals surface area (Å²) in [5.74, 6) is -0.906. The molecule has 0 saturated heterocycles. The van der Waals surface area contributed by atoms with E-state index in [1.807, 2.05) is 20.8 Å². The van der Waals surface area contributed by atoms with E-state index in [0.29, 0.717) is 5.82 Å². The second kappa shape index (κ2) is 4.56. The van der Waals surface area contributed by atoms with E-state index in [1.165, 1.54) is 4.80 Å². The van der Waals surface area contributed by atoms with Crippen molar-refractivity contribution in [3.05, 3.63) is 5.82 Å². The van der Waals surface area contributed by atoms with Crippen molar-refractivity contribution in [3.8, 4) is 0 Å². The van der Waals surface area contributed by atoms with E-state index in [4.69, 9.17) is 10.8 Å². The average molecular weight is 227 g/mol. The standard InChI is InChI=1S/C9H17N5O2/c1-9(2,3)14-12-8(11-13-14)6(5-10)4-7(15)16/h6H,4-5,10H2,1-3H3,(H,15,16). The molecule has 7 nitrogen and oxygen atoms in total. The van der Waals surface area contributed by atoms with Crippen molar-refractivity contribution in [3.63, 3.8) is 0 Å². The minimum absolute atomic E-state index is 0.0770. The van der Waals surface area contributed by atoms with E-state index in [-0.39, 0.29) is 24.4 Å². The molecule has 3 N–H and O–H groups in total. The van der Waals surface area contributed by atoms with E-state index in [0.717, 1.165) is 0 Å². The van der Waals surface area contributed by atoms with Gasteiger partial charge in [-0.15, -0.1) is 10.2 Å². The average Bonchev–Trinajstić information content (AvgIpc) is 2.61. The van der Waals surface area contributed by atoms with E-state index in [2.05, 4.69) is 15.4 Å². The first kappa shape index (κ1) is 12.6. The van der Waals surface area contributed by atoms with Gasteiger partial charge in [0, 0.05) is 12.5 Å². The number of aromatic nitrogens is 4. The van der Waals surface area contributed by atoms with E-state index >= 15 is 0 Å². The van der Waals surface area contributed by atoms with Crippen LogP contribution in [0, 0.1) is 0 Å². The van der Waals surface area contributed by atoms with Crippen molar-refractivity contribution < 1.29 is 9.90 Å². The van der Waals surface area contributed by atoms with Gasteiger partial charge in [0.15, 0.2) is 5.82 Å². The van der Waals surface area contributed by atoms with Crippen molar-refractivity contribution in [1.82, 2.24) is 20.2 Å². The summed E-state index contributed by atoms with van der Waals surface area (Å²) in [6, 6.07) is 0. The molecule has 7 heteroatoms. The van der Waals surface area contributed by atoms with Crippen LogP contribution in [0.1, 0.15) is 38.9 Å². The number of hydrogen-bond acceptors (Lipinski definition) is 5. The van der Waals surface area contributed by atoms with Crippen LogP contribution in [-0.2, 0) is 10.3 Å². The van der Waals surface area contributed by atoms with Gasteiger partial charge in [-0.25, -0.2) is 0 Å². The molecule has 0 aromatic carbocycles. The van der Waals surface area contributed by atoms with Crippen LogP contribution in [0.2, 0.25) is 0 Å². The fourth-order valence-electron chi connectivity index (χ4n) is 1.16. The molecule has 1 rings (SSSR count). The van der Waals surface area contributed by atoms with Crippen LogP contribution in [0.15, 0.2) is 0 Å². The molecule has 0 amide bonds. The van der Waals surface area contributed by atoms with Gasteiger partial charge in [-0.2, -0.15) is 4.80 Å². The lowest BCUT2D eigenvalue weighted by Crippen LogP contribution is -2.25. The summed E-state index contributed by atoms with van der Waals surface area (Å²) < 4.78 is 0. The Morgan fingerprint density at radius 2 is 2.19 bits per heavy atom. The van der Waals surface area contributed by atoms with E-state index < -0.39 is 5.97 Å². The van der Waals surface area contributed by atoms with E-state index in [1.54, 1.807) is 0 Å². The summed E-state index contributed by atoms with van der Waals surface area (Å²) in [5, 5.41) is 20.6. The highest BCUT2D eigenvalue weighted by Crippen LogP contribution is 2.15. The summed E-state index contributed by atoms with van der Waals surface area (Å²) in [6.45, 7) is 6.01. The summed E-state index contributed by atoms with van der Waals surface area (Å²) in [4.78, 5) is 12.1. The third kappa shape index (κ3) is 2.99. The summed E-state index contributed by atoms with van der Waals surface area (Å²) in [5.41, 5.74) is 5.22. The summed E-state index contributed by atoms with van der Waals surface area (Å²) in [6.07, 6.45) is -0.0770. The monoisotopic (exact) mass is 227 g/mol. The SMILES string of the molecule is CC(C)(C)n1nnc(C(CN)CC(=O)O)n1. The number of aliphatic carboxylic acids is 1. The van der Waals surface area contributed by atoms with Crippen molar-refractivity contribution in [2.45, 2.75) is 38.6 Å². The molecular weight excluding hydrogens is 210 g/mol. The van der Waals surface area contributed by atoms with Crippen molar-refractivity contribution >= 4 is 5.97 Å². The Hall–Kier alpha value is -1.50. The molecule has 0 fully saturated rings. The molecule has 1 heterocycles. The van der Waals surface area contributed by atoms with Gasteiger partial charge in [0.1, 0.15) is 0 Å². The largest absolute Gasteiger partial charge is 0.481 e. The van der Waals surface area contributed by atoms with E-state index in [9.17, 15) is 4.79 Å². The van der Waals surface area contributed by atoms with Crippen LogP contribution in [0.3, 0.4) is 0 Å². The van der Waals surface area contributed by atoms with Crippen LogP contribution in [0.5, 0.6) is 0 Å². The summed E-state index contributed by atoms with van der Waals surface area (Å²) in [7, 11) is 0. The molecule has 0 saturated carbocycles. The molecule has 16 heavy (non-hydrogen) atoms. The number of rotatable bonds is 4. The summed E-state index contributed by atoms with van der Waals surface area (Å²) >= 11 is 0. The maximum atomic E-state index is 10.6. The predicted molar refractivity (Wildman–Crippen MR) is 56.9 cm³/mol. The van der Waals surface area contributed by atoms with Gasteiger partial charge in [0.25, 0.3) is 0 Å². The fourth-order valence-corrected chi connectivity index (χ4v) is 1.16. The van der Waals surface area contributed by atoms with Gasteiger partial charge in [-0.05, 0) is 26.0 Å². The minimum atomic E-state index is -0.914. The minimum Gasteiger partial charge on any atom is -0.481 e. The zero-order valence-electron chi connectivity index (χ0n) is 9.71. The second-order valence-corrected chi connectivity index (χ2v) is 4.64. The molecule has 0 bridgehead atoms. The molecule has 0 spiro atoms. The Kier molecular flexibility index (Phi) is 3.58. The molecule has 0 radical (unpaired) electrons. The zero-order valence-corrected chi connectivity index (χ0v) is 9.71. The number of nitrogens with two attached hydrogens (primary N) is 1. The van der Waals surface area contributed by atoms with Gasteiger partial charge in [-0.3, -0.25) is 4.79 Å². The Labute approximate surface area is 93.6 Å². The number of tetrazole rings is 1. The molecule has 1 atom stereocenters. The number of carboxylic acids is 1. The van der Waals surface area contributed by atoms with Crippen LogP contribution in [0.25, 0.3) is 0 Å². The van der Waals surface area contributed by atoms with Gasteiger partial charge < -0.3 is 10.8 Å². The van der Waals surface area contributed by atoms with Gasteiger partial charge in [0.2, 0.25) is 0 Å². The highest BCUT2D eigenvalue weighted by atomic mass is 16.4. The third-order valence-electron chi connectivity index (χ3n) is 2.10. The number of hydrogen-bond donors (Lipinski definition) is 2. The lowest BCUT2D eigenvalue weighted by Gasteiger charge is -2.15. The zero-order chi connectivity index (χ0) is 12.3. The van der Waals surface area contributed by atoms with Crippen molar-refractivity contribution in [2.75, 3.05) is 6.54 Å². The van der Waals surface area contributed by atoms with Crippen molar-refractivity contribution in [1.29, 1.82) is 0 Å². The molecule has 90 valence electrons. The smallest absolute Gasteiger partial charge is 0.304 e. The van der Waals surface area contributed by atoms with Gasteiger partial charge >= 0.3 is 5.97 Å². The first-order chi connectivity index (χ1) is 7.34. The van der Waals surface area contributed by atoms with Crippen molar-refractivity contribution in [2.24, 2.45) is 5.73 Å². The van der Waals surface area contributed by atoms with Gasteiger partial charge in [0.05, 0.1) is 12.0 Å². The Morgan fingerprint density at radius 3 is 2.56 bits per heavy atom. The lowest BCUT2D eigenvalue weighted by molar-refractivity contribution is -0.137. The third-order valence-corrected chi connectivity index (χ3v) is 2.10. The number of carboxylic acid groups (broad SMARTS) is 1. The van der Waals surface area contributed by atoms with Crippen LogP contribution >= 0.6 is 0 Å². The highest BCUT2D eigenvalue weighted by molar-refractivity contribution is 5.67. The predicted octanol–water partition coefficient (Wildman–Crippen LogP) is -0.0549. The number of carbonyl (C=O) groups is 1. The maximum absolute atomic E-state index is 10.6. The molecule has 1 aromatic heterocycles. The van der Waals surface area contributed by atoms with Crippen LogP contribution in [0.4, 0.5) is 0 Å². The Bertz CT molecular complexity index is 368.